The Labute approximate surface area is 113 Å². The Balaban J connectivity index is 2.82. The number of hydrogen-bond acceptors (Lipinski definition) is 3. The lowest BCUT2D eigenvalue weighted by Gasteiger charge is -2.25. The molecule has 0 spiro atoms. The zero-order valence-electron chi connectivity index (χ0n) is 11.2. The van der Waals surface area contributed by atoms with Crippen LogP contribution in [0.4, 0.5) is 4.39 Å². The maximum Gasteiger partial charge on any atom is 0.214 e. The van der Waals surface area contributed by atoms with Gasteiger partial charge in [-0.3, -0.25) is 0 Å². The second-order valence-electron chi connectivity index (χ2n) is 4.46. The van der Waals surface area contributed by atoms with Crippen molar-refractivity contribution in [3.8, 4) is 0 Å². The average Bonchev–Trinajstić information content (AvgIpc) is 2.38. The smallest absolute Gasteiger partial charge is 0.214 e. The van der Waals surface area contributed by atoms with Crippen molar-refractivity contribution in [3.63, 3.8) is 0 Å². The molecule has 0 saturated carbocycles. The van der Waals surface area contributed by atoms with Crippen LogP contribution in [0.25, 0.3) is 0 Å². The minimum atomic E-state index is -3.44. The normalized spacial score (nSPS) is 13.7. The van der Waals surface area contributed by atoms with E-state index in [1.165, 1.54) is 17.4 Å². The predicted molar refractivity (Wildman–Crippen MR) is 72.7 cm³/mol. The van der Waals surface area contributed by atoms with Gasteiger partial charge in [-0.1, -0.05) is 18.2 Å². The zero-order chi connectivity index (χ0) is 14.5. The molecular weight excluding hydrogens is 269 g/mol. The third-order valence-corrected chi connectivity index (χ3v) is 5.15. The molecular formula is C13H20FNO3S. The first-order valence-electron chi connectivity index (χ1n) is 6.21. The van der Waals surface area contributed by atoms with Gasteiger partial charge in [0.15, 0.2) is 0 Å². The van der Waals surface area contributed by atoms with Crippen molar-refractivity contribution in [2.75, 3.05) is 19.4 Å². The summed E-state index contributed by atoms with van der Waals surface area (Å²) in [6.07, 6.45) is 0.842. The minimum Gasteiger partial charge on any atom is -0.396 e. The van der Waals surface area contributed by atoms with E-state index in [0.29, 0.717) is 18.4 Å². The molecule has 0 heterocycles. The van der Waals surface area contributed by atoms with Crippen molar-refractivity contribution in [1.29, 1.82) is 0 Å². The maximum atomic E-state index is 13.6. The molecule has 1 atom stereocenters. The van der Waals surface area contributed by atoms with Crippen LogP contribution in [0.1, 0.15) is 31.4 Å². The van der Waals surface area contributed by atoms with Gasteiger partial charge in [0.05, 0.1) is 5.75 Å². The Hall–Kier alpha value is -0.980. The molecule has 0 bridgehead atoms. The van der Waals surface area contributed by atoms with Crippen molar-refractivity contribution in [2.24, 2.45) is 0 Å². The molecule has 6 heteroatoms. The predicted octanol–water partition coefficient (Wildman–Crippen LogP) is 1.92. The van der Waals surface area contributed by atoms with Gasteiger partial charge in [0.25, 0.3) is 0 Å². The summed E-state index contributed by atoms with van der Waals surface area (Å²) >= 11 is 0. The zero-order valence-corrected chi connectivity index (χ0v) is 12.0. The Morgan fingerprint density at radius 3 is 2.53 bits per heavy atom. The summed E-state index contributed by atoms with van der Waals surface area (Å²) in [4.78, 5) is 0. The topological polar surface area (TPSA) is 57.6 Å². The van der Waals surface area contributed by atoms with E-state index >= 15 is 0 Å². The molecule has 4 nitrogen and oxygen atoms in total. The molecule has 0 aromatic heterocycles. The second-order valence-corrected chi connectivity index (χ2v) is 6.61. The maximum absolute atomic E-state index is 13.6. The summed E-state index contributed by atoms with van der Waals surface area (Å²) < 4.78 is 38.9. The van der Waals surface area contributed by atoms with Crippen molar-refractivity contribution < 1.29 is 17.9 Å². The Bertz CT molecular complexity index is 504. The molecule has 0 fully saturated rings. The van der Waals surface area contributed by atoms with Gasteiger partial charge >= 0.3 is 0 Å². The van der Waals surface area contributed by atoms with Crippen LogP contribution < -0.4 is 0 Å². The highest BCUT2D eigenvalue weighted by Gasteiger charge is 2.25. The van der Waals surface area contributed by atoms with E-state index in [4.69, 9.17) is 5.11 Å². The van der Waals surface area contributed by atoms with E-state index in [1.54, 1.807) is 25.1 Å². The third kappa shape index (κ3) is 4.26. The molecule has 1 aromatic rings. The number of unbranched alkanes of at least 4 members (excludes halogenated alkanes) is 1. The van der Waals surface area contributed by atoms with Crippen LogP contribution in [0.5, 0.6) is 0 Å². The molecule has 0 saturated heterocycles. The number of nitrogens with zero attached hydrogens (tertiary/aromatic N) is 1. The molecule has 0 amide bonds. The van der Waals surface area contributed by atoms with Gasteiger partial charge in [0.1, 0.15) is 5.82 Å². The summed E-state index contributed by atoms with van der Waals surface area (Å²) in [5.41, 5.74) is 0.357. The van der Waals surface area contributed by atoms with Crippen LogP contribution >= 0.6 is 0 Å². The fraction of sp³-hybridized carbons (Fsp3) is 0.538. The van der Waals surface area contributed by atoms with Gasteiger partial charge in [-0.2, -0.15) is 4.31 Å². The lowest BCUT2D eigenvalue weighted by atomic mass is 10.1. The fourth-order valence-electron chi connectivity index (χ4n) is 1.79. The van der Waals surface area contributed by atoms with E-state index in [2.05, 4.69) is 0 Å². The number of aliphatic hydroxyl groups excluding tert-OH is 1. The lowest BCUT2D eigenvalue weighted by Crippen LogP contribution is -2.32. The van der Waals surface area contributed by atoms with E-state index in [1.807, 2.05) is 0 Å². The Morgan fingerprint density at radius 1 is 1.32 bits per heavy atom. The largest absolute Gasteiger partial charge is 0.396 e. The van der Waals surface area contributed by atoms with Crippen LogP contribution in [-0.4, -0.2) is 37.2 Å². The summed E-state index contributed by atoms with van der Waals surface area (Å²) in [5, 5.41) is 8.67. The average molecular weight is 289 g/mol. The van der Waals surface area contributed by atoms with Crippen LogP contribution in [0.15, 0.2) is 24.3 Å². The number of hydrogen-bond donors (Lipinski definition) is 1. The minimum absolute atomic E-state index is 0.0257. The quantitative estimate of drug-likeness (QED) is 0.780. The van der Waals surface area contributed by atoms with Crippen molar-refractivity contribution in [1.82, 2.24) is 4.31 Å². The van der Waals surface area contributed by atoms with Crippen molar-refractivity contribution in [3.05, 3.63) is 35.6 Å². The molecule has 1 aromatic carbocycles. The van der Waals surface area contributed by atoms with Crippen LogP contribution in [-0.2, 0) is 10.0 Å². The molecule has 0 radical (unpaired) electrons. The monoisotopic (exact) mass is 289 g/mol. The van der Waals surface area contributed by atoms with E-state index < -0.39 is 21.9 Å². The third-order valence-electron chi connectivity index (χ3n) is 3.15. The number of rotatable bonds is 7. The van der Waals surface area contributed by atoms with Gasteiger partial charge in [0.2, 0.25) is 10.0 Å². The SMILES string of the molecule is CC(c1ccccc1F)N(C)S(=O)(=O)CCCCO. The molecule has 0 aliphatic rings. The molecule has 108 valence electrons. The van der Waals surface area contributed by atoms with E-state index in [-0.39, 0.29) is 12.4 Å². The fourth-order valence-corrected chi connectivity index (χ4v) is 3.24. The number of benzene rings is 1. The number of aliphatic hydroxyl groups is 1. The lowest BCUT2D eigenvalue weighted by molar-refractivity contribution is 0.286. The van der Waals surface area contributed by atoms with Crippen molar-refractivity contribution >= 4 is 10.0 Å². The molecule has 0 aliphatic carbocycles. The van der Waals surface area contributed by atoms with Crippen LogP contribution in [0, 0.1) is 5.82 Å². The summed E-state index contributed by atoms with van der Waals surface area (Å²) in [5.74, 6) is -0.449. The Kier molecular flexibility index (Phi) is 5.90. The molecule has 1 N–H and O–H groups in total. The second kappa shape index (κ2) is 6.98. The van der Waals surface area contributed by atoms with Gasteiger partial charge in [-0.05, 0) is 25.8 Å². The number of sulfonamides is 1. The summed E-state index contributed by atoms with van der Waals surface area (Å²) in [6.45, 7) is 1.63. The highest BCUT2D eigenvalue weighted by molar-refractivity contribution is 7.89. The van der Waals surface area contributed by atoms with Gasteiger partial charge in [0, 0.05) is 25.3 Å². The van der Waals surface area contributed by atoms with E-state index in [0.717, 1.165) is 0 Å². The van der Waals surface area contributed by atoms with E-state index in [9.17, 15) is 12.8 Å². The number of halogens is 1. The summed E-state index contributed by atoms with van der Waals surface area (Å²) in [7, 11) is -1.99. The first-order chi connectivity index (χ1) is 8.90. The summed E-state index contributed by atoms with van der Waals surface area (Å²) in [6, 6.07) is 5.60. The molecule has 1 rings (SSSR count). The highest BCUT2D eigenvalue weighted by atomic mass is 32.2. The van der Waals surface area contributed by atoms with Gasteiger partial charge in [-0.25, -0.2) is 12.8 Å². The van der Waals surface area contributed by atoms with Gasteiger partial charge in [-0.15, -0.1) is 0 Å². The molecule has 1 unspecified atom stereocenters. The van der Waals surface area contributed by atoms with Crippen molar-refractivity contribution in [2.45, 2.75) is 25.8 Å². The molecule has 19 heavy (non-hydrogen) atoms. The highest BCUT2D eigenvalue weighted by Crippen LogP contribution is 2.24. The Morgan fingerprint density at radius 2 is 1.95 bits per heavy atom. The van der Waals surface area contributed by atoms with Crippen LogP contribution in [0.3, 0.4) is 0 Å². The first-order valence-corrected chi connectivity index (χ1v) is 7.82. The molecule has 0 aliphatic heterocycles. The van der Waals surface area contributed by atoms with Crippen LogP contribution in [0.2, 0.25) is 0 Å². The first kappa shape index (κ1) is 16.1. The van der Waals surface area contributed by atoms with Gasteiger partial charge < -0.3 is 5.11 Å². The standard InChI is InChI=1S/C13H20FNO3S/c1-11(12-7-3-4-8-13(12)14)15(2)19(17,18)10-6-5-9-16/h3-4,7-8,11,16H,5-6,9-10H2,1-2H3.